The van der Waals surface area contributed by atoms with Crippen LogP contribution in [0.2, 0.25) is 10.0 Å². The van der Waals surface area contributed by atoms with Crippen LogP contribution in [0.1, 0.15) is 35.2 Å². The molecule has 11 heteroatoms. The average molecular weight is 520 g/mol. The second-order valence-electron chi connectivity index (χ2n) is 7.95. The molecule has 1 heterocycles. The number of nitrogens with one attached hydrogen (secondary N) is 4. The Bertz CT molecular complexity index is 1070. The van der Waals surface area contributed by atoms with E-state index in [0.29, 0.717) is 30.6 Å². The van der Waals surface area contributed by atoms with E-state index in [4.69, 9.17) is 23.2 Å². The second-order valence-corrected chi connectivity index (χ2v) is 8.77. The number of amides is 2. The Morgan fingerprint density at radius 3 is 2.43 bits per heavy atom. The van der Waals surface area contributed by atoms with Gasteiger partial charge in [-0.2, -0.15) is 0 Å². The first-order valence-corrected chi connectivity index (χ1v) is 12.0. The number of carboxylic acid groups (broad SMARTS) is 1. The number of hydrogen-bond acceptors (Lipinski definition) is 6. The smallest absolute Gasteiger partial charge is 0.326 e. The maximum Gasteiger partial charge on any atom is 0.326 e. The molecule has 1 aliphatic heterocycles. The number of benzene rings is 2. The number of carbonyl (C=O) groups excluding carboxylic acids is 2. The summed E-state index contributed by atoms with van der Waals surface area (Å²) in [4.78, 5) is 40.8. The van der Waals surface area contributed by atoms with E-state index in [1.807, 2.05) is 0 Å². The summed E-state index contributed by atoms with van der Waals surface area (Å²) in [7, 11) is 0. The van der Waals surface area contributed by atoms with Gasteiger partial charge in [-0.15, -0.1) is 0 Å². The van der Waals surface area contributed by atoms with Crippen LogP contribution in [0.25, 0.3) is 0 Å². The zero-order chi connectivity index (χ0) is 25.2. The number of anilines is 1. The van der Waals surface area contributed by atoms with Gasteiger partial charge in [-0.3, -0.25) is 14.6 Å². The van der Waals surface area contributed by atoms with E-state index in [1.54, 1.807) is 30.3 Å². The first kappa shape index (κ1) is 26.3. The van der Waals surface area contributed by atoms with Gasteiger partial charge in [0, 0.05) is 38.2 Å². The van der Waals surface area contributed by atoms with Gasteiger partial charge in [0.1, 0.15) is 6.04 Å². The summed E-state index contributed by atoms with van der Waals surface area (Å²) in [5.41, 5.74) is 1.30. The number of guanidine groups is 1. The van der Waals surface area contributed by atoms with Crippen molar-refractivity contribution in [1.82, 2.24) is 16.0 Å². The average Bonchev–Trinajstić information content (AvgIpc) is 2.83. The molecule has 2 aromatic rings. The minimum atomic E-state index is -1.19. The van der Waals surface area contributed by atoms with E-state index in [-0.39, 0.29) is 27.9 Å². The Hall–Kier alpha value is -3.30. The number of halogens is 2. The molecule has 0 saturated carbocycles. The molecule has 9 nitrogen and oxygen atoms in total. The number of carboxylic acids is 1. The molecule has 0 aromatic heterocycles. The number of aliphatic imine (C=N–C) groups is 1. The molecule has 2 aromatic carbocycles. The molecule has 35 heavy (non-hydrogen) atoms. The number of hydrogen-bond donors (Lipinski definition) is 5. The minimum absolute atomic E-state index is 0.0262. The lowest BCUT2D eigenvalue weighted by Gasteiger charge is -2.16. The topological polar surface area (TPSA) is 132 Å². The Labute approximate surface area is 213 Å². The maximum absolute atomic E-state index is 12.6. The van der Waals surface area contributed by atoms with E-state index in [0.717, 1.165) is 25.5 Å². The molecule has 0 fully saturated rings. The van der Waals surface area contributed by atoms with Crippen LogP contribution in [0.15, 0.2) is 47.5 Å². The fourth-order valence-corrected chi connectivity index (χ4v) is 4.00. The lowest BCUT2D eigenvalue weighted by Crippen LogP contribution is -2.42. The van der Waals surface area contributed by atoms with Gasteiger partial charge in [0.05, 0.1) is 15.6 Å². The first-order valence-electron chi connectivity index (χ1n) is 11.2. The van der Waals surface area contributed by atoms with Gasteiger partial charge in [0.2, 0.25) is 5.91 Å². The summed E-state index contributed by atoms with van der Waals surface area (Å²) < 4.78 is 0. The Kier molecular flexibility index (Phi) is 9.75. The van der Waals surface area contributed by atoms with Crippen molar-refractivity contribution >= 4 is 52.6 Å². The molecule has 0 saturated heterocycles. The van der Waals surface area contributed by atoms with Crippen molar-refractivity contribution in [3.05, 3.63) is 63.6 Å². The normalized spacial score (nSPS) is 13.7. The molecule has 3 rings (SSSR count). The van der Waals surface area contributed by atoms with Gasteiger partial charge in [-0.05, 0) is 42.7 Å². The number of rotatable bonds is 10. The number of carbonyl (C=O) groups is 3. The van der Waals surface area contributed by atoms with Gasteiger partial charge in [-0.25, -0.2) is 4.79 Å². The lowest BCUT2D eigenvalue weighted by molar-refractivity contribution is -0.139. The maximum atomic E-state index is 12.6. The predicted octanol–water partition coefficient (Wildman–Crippen LogP) is 3.08. The molecule has 186 valence electrons. The van der Waals surface area contributed by atoms with Gasteiger partial charge in [0.15, 0.2) is 5.96 Å². The van der Waals surface area contributed by atoms with E-state index < -0.39 is 17.9 Å². The highest BCUT2D eigenvalue weighted by molar-refractivity contribution is 6.39. The summed E-state index contributed by atoms with van der Waals surface area (Å²) in [6.45, 7) is 2.35. The highest BCUT2D eigenvalue weighted by atomic mass is 35.5. The van der Waals surface area contributed by atoms with Gasteiger partial charge in [0.25, 0.3) is 5.91 Å². The van der Waals surface area contributed by atoms with Crippen LogP contribution >= 0.6 is 23.2 Å². The van der Waals surface area contributed by atoms with Crippen molar-refractivity contribution in [2.24, 2.45) is 4.99 Å². The van der Waals surface area contributed by atoms with Gasteiger partial charge < -0.3 is 26.4 Å². The van der Waals surface area contributed by atoms with Crippen LogP contribution in [0.5, 0.6) is 0 Å². The Balaban J connectivity index is 1.48. The quantitative estimate of drug-likeness (QED) is 0.306. The van der Waals surface area contributed by atoms with Crippen LogP contribution < -0.4 is 21.3 Å². The molecule has 0 bridgehead atoms. The zero-order valence-electron chi connectivity index (χ0n) is 18.9. The molecule has 0 unspecified atom stereocenters. The molecular formula is C24H27Cl2N5O4. The fraction of sp³-hybridized carbons (Fsp3) is 0.333. The van der Waals surface area contributed by atoms with Crippen molar-refractivity contribution in [2.75, 3.05) is 25.0 Å². The highest BCUT2D eigenvalue weighted by Gasteiger charge is 2.23. The standard InChI is InChI=1S/C24H27Cl2N5O4/c25-17-4-1-5-18(26)21(17)22(33)31-19(23(34)35)14-15-7-9-16(10-8-15)30-20(32)6-2-11-27-24-28-12-3-13-29-24/h1,4-5,7-10,19H,2-3,6,11-14H2,(H,30,32)(H,31,33)(H,34,35)(H2,27,28,29)/t19-/m0/s1. The summed E-state index contributed by atoms with van der Waals surface area (Å²) in [6.07, 6.45) is 2.07. The molecular weight excluding hydrogens is 493 g/mol. The molecule has 1 atom stereocenters. The third-order valence-corrected chi connectivity index (χ3v) is 5.87. The second kappa shape index (κ2) is 13.0. The summed E-state index contributed by atoms with van der Waals surface area (Å²) in [6, 6.07) is 10.2. The van der Waals surface area contributed by atoms with Crippen molar-refractivity contribution in [3.8, 4) is 0 Å². The van der Waals surface area contributed by atoms with E-state index >= 15 is 0 Å². The largest absolute Gasteiger partial charge is 0.480 e. The van der Waals surface area contributed by atoms with Crippen molar-refractivity contribution in [3.63, 3.8) is 0 Å². The fourth-order valence-electron chi connectivity index (χ4n) is 3.44. The van der Waals surface area contributed by atoms with Crippen LogP contribution in [-0.4, -0.2) is 54.5 Å². The van der Waals surface area contributed by atoms with Crippen LogP contribution in [0.4, 0.5) is 5.69 Å². The van der Waals surface area contributed by atoms with Gasteiger partial charge >= 0.3 is 5.97 Å². The molecule has 0 spiro atoms. The third kappa shape index (κ3) is 8.15. The van der Waals surface area contributed by atoms with E-state index in [2.05, 4.69) is 26.3 Å². The van der Waals surface area contributed by atoms with Crippen LogP contribution in [-0.2, 0) is 16.0 Å². The van der Waals surface area contributed by atoms with Gasteiger partial charge in [-0.1, -0.05) is 41.4 Å². The minimum Gasteiger partial charge on any atom is -0.480 e. The Morgan fingerprint density at radius 1 is 1.09 bits per heavy atom. The van der Waals surface area contributed by atoms with Crippen molar-refractivity contribution in [2.45, 2.75) is 31.7 Å². The number of aliphatic carboxylic acids is 1. The molecule has 2 amide bonds. The molecule has 0 radical (unpaired) electrons. The highest BCUT2D eigenvalue weighted by Crippen LogP contribution is 2.24. The van der Waals surface area contributed by atoms with Crippen LogP contribution in [0, 0.1) is 0 Å². The Morgan fingerprint density at radius 2 is 1.80 bits per heavy atom. The van der Waals surface area contributed by atoms with Crippen molar-refractivity contribution < 1.29 is 19.5 Å². The summed E-state index contributed by atoms with van der Waals surface area (Å²) >= 11 is 12.1. The summed E-state index contributed by atoms with van der Waals surface area (Å²) in [5, 5.41) is 21.5. The molecule has 5 N–H and O–H groups in total. The SMILES string of the molecule is O=C(CCCNC1=NCCCN1)Nc1ccc(C[C@H](NC(=O)c2c(Cl)cccc2Cl)C(=O)O)cc1. The predicted molar refractivity (Wildman–Crippen MR) is 136 cm³/mol. The third-order valence-electron chi connectivity index (χ3n) is 5.24. The number of nitrogens with zero attached hydrogens (tertiary/aromatic N) is 1. The van der Waals surface area contributed by atoms with E-state index in [9.17, 15) is 19.5 Å². The molecule has 0 aliphatic carbocycles. The van der Waals surface area contributed by atoms with E-state index in [1.165, 1.54) is 12.1 Å². The first-order chi connectivity index (χ1) is 16.8. The molecule has 1 aliphatic rings. The lowest BCUT2D eigenvalue weighted by atomic mass is 10.0. The monoisotopic (exact) mass is 519 g/mol. The van der Waals surface area contributed by atoms with Crippen molar-refractivity contribution in [1.29, 1.82) is 0 Å². The van der Waals surface area contributed by atoms with Crippen LogP contribution in [0.3, 0.4) is 0 Å². The zero-order valence-corrected chi connectivity index (χ0v) is 20.5. The summed E-state index contributed by atoms with van der Waals surface area (Å²) in [5.74, 6) is -1.21.